The molecule has 0 fully saturated rings. The fourth-order valence-electron chi connectivity index (χ4n) is 2.19. The minimum absolute atomic E-state index is 0.0344. The van der Waals surface area contributed by atoms with E-state index in [4.69, 9.17) is 9.05 Å². The van der Waals surface area contributed by atoms with Gasteiger partial charge < -0.3 is 9.05 Å². The standard InChI is InChI=1S/C15H24NO6PS/c1-6-21-23(19,22-7-2)14(15(4,5)16(17)18)24(20)13-10-8-12(3)9-11-13/h8-11,14H,6-7H2,1-5H3. The molecule has 0 amide bonds. The number of hydrogen-bond acceptors (Lipinski definition) is 6. The predicted octanol–water partition coefficient (Wildman–Crippen LogP) is 3.75. The van der Waals surface area contributed by atoms with Crippen molar-refractivity contribution in [2.45, 2.75) is 50.0 Å². The molecule has 2 unspecified atom stereocenters. The quantitative estimate of drug-likeness (QED) is 0.369. The van der Waals surface area contributed by atoms with E-state index in [0.29, 0.717) is 4.90 Å². The van der Waals surface area contributed by atoms with Gasteiger partial charge in [-0.3, -0.25) is 18.9 Å². The Bertz CT molecular complexity index is 636. The molecule has 2 atom stereocenters. The molecule has 0 radical (unpaired) electrons. The Labute approximate surface area is 144 Å². The van der Waals surface area contributed by atoms with Crippen LogP contribution in [0.2, 0.25) is 0 Å². The maximum Gasteiger partial charge on any atom is 0.353 e. The monoisotopic (exact) mass is 377 g/mol. The number of rotatable bonds is 9. The molecular weight excluding hydrogens is 353 g/mol. The number of benzene rings is 1. The second-order valence-corrected chi connectivity index (χ2v) is 9.75. The van der Waals surface area contributed by atoms with Gasteiger partial charge in [-0.25, -0.2) is 0 Å². The number of aryl methyl sites for hydroxylation is 1. The van der Waals surface area contributed by atoms with Gasteiger partial charge in [-0.15, -0.1) is 0 Å². The maximum absolute atomic E-state index is 13.2. The largest absolute Gasteiger partial charge is 0.353 e. The van der Waals surface area contributed by atoms with Gasteiger partial charge in [0.2, 0.25) is 10.5 Å². The molecule has 0 aromatic heterocycles. The minimum Gasteiger partial charge on any atom is -0.308 e. The normalized spacial score (nSPS) is 15.0. The fraction of sp³-hybridized carbons (Fsp3) is 0.600. The average Bonchev–Trinajstić information content (AvgIpc) is 2.47. The lowest BCUT2D eigenvalue weighted by Gasteiger charge is -2.31. The van der Waals surface area contributed by atoms with Crippen molar-refractivity contribution >= 4 is 18.4 Å². The lowest BCUT2D eigenvalue weighted by Crippen LogP contribution is -2.46. The van der Waals surface area contributed by atoms with Crippen molar-refractivity contribution in [2.24, 2.45) is 0 Å². The summed E-state index contributed by atoms with van der Waals surface area (Å²) in [6, 6.07) is 6.71. The Morgan fingerprint density at radius 3 is 2.04 bits per heavy atom. The lowest BCUT2D eigenvalue weighted by molar-refractivity contribution is -0.556. The highest BCUT2D eigenvalue weighted by molar-refractivity contribution is 7.93. The van der Waals surface area contributed by atoms with Crippen molar-refractivity contribution in [1.82, 2.24) is 0 Å². The van der Waals surface area contributed by atoms with Crippen LogP contribution in [0.4, 0.5) is 0 Å². The van der Waals surface area contributed by atoms with Crippen molar-refractivity contribution in [3.05, 3.63) is 39.9 Å². The highest BCUT2D eigenvalue weighted by Gasteiger charge is 2.57. The summed E-state index contributed by atoms with van der Waals surface area (Å²) >= 11 is 0. The Kier molecular flexibility index (Phi) is 7.28. The third kappa shape index (κ3) is 4.51. The number of nitrogens with zero attached hydrogens (tertiary/aromatic N) is 1. The third-order valence-electron chi connectivity index (χ3n) is 3.44. The SMILES string of the molecule is CCOP(=O)(OCC)C(S(=O)c1ccc(C)cc1)C(C)(C)[N+](=O)[O-]. The molecule has 0 N–H and O–H groups in total. The molecule has 0 spiro atoms. The highest BCUT2D eigenvalue weighted by atomic mass is 32.2. The average molecular weight is 377 g/mol. The van der Waals surface area contributed by atoms with E-state index in [1.807, 2.05) is 6.92 Å². The van der Waals surface area contributed by atoms with Gasteiger partial charge in [0.05, 0.1) is 24.0 Å². The van der Waals surface area contributed by atoms with E-state index in [9.17, 15) is 18.9 Å². The molecule has 0 saturated carbocycles. The summed E-state index contributed by atoms with van der Waals surface area (Å²) in [6.45, 7) is 7.73. The van der Waals surface area contributed by atoms with Crippen LogP contribution >= 0.6 is 7.60 Å². The molecule has 0 aliphatic carbocycles. The first-order chi connectivity index (χ1) is 11.1. The molecule has 24 heavy (non-hydrogen) atoms. The molecule has 0 bridgehead atoms. The summed E-state index contributed by atoms with van der Waals surface area (Å²) in [5.74, 6) is 0. The zero-order valence-electron chi connectivity index (χ0n) is 14.6. The van der Waals surface area contributed by atoms with Crippen LogP contribution < -0.4 is 0 Å². The van der Waals surface area contributed by atoms with Gasteiger partial charge >= 0.3 is 7.60 Å². The van der Waals surface area contributed by atoms with Crippen molar-refractivity contribution in [3.8, 4) is 0 Å². The second kappa shape index (κ2) is 8.34. The van der Waals surface area contributed by atoms with Crippen molar-refractivity contribution in [1.29, 1.82) is 0 Å². The van der Waals surface area contributed by atoms with E-state index < -0.39 is 33.8 Å². The molecule has 0 heterocycles. The minimum atomic E-state index is -3.98. The second-order valence-electron chi connectivity index (χ2n) is 5.75. The Balaban J connectivity index is 3.48. The van der Waals surface area contributed by atoms with Crippen LogP contribution in [0.25, 0.3) is 0 Å². The van der Waals surface area contributed by atoms with Gasteiger partial charge in [-0.05, 0) is 32.9 Å². The Morgan fingerprint density at radius 2 is 1.67 bits per heavy atom. The molecular formula is C15H24NO6PS. The van der Waals surface area contributed by atoms with Gasteiger partial charge in [-0.2, -0.15) is 0 Å². The van der Waals surface area contributed by atoms with Gasteiger partial charge in [0, 0.05) is 23.7 Å². The van der Waals surface area contributed by atoms with Crippen LogP contribution in [0.5, 0.6) is 0 Å². The molecule has 0 saturated heterocycles. The highest BCUT2D eigenvalue weighted by Crippen LogP contribution is 2.59. The topological polar surface area (TPSA) is 95.7 Å². The maximum atomic E-state index is 13.2. The summed E-state index contributed by atoms with van der Waals surface area (Å²) in [4.78, 5) is 9.88. The van der Waals surface area contributed by atoms with Gasteiger partial charge in [0.25, 0.3) is 0 Å². The van der Waals surface area contributed by atoms with E-state index in [-0.39, 0.29) is 13.2 Å². The first kappa shape index (κ1) is 21.0. The zero-order valence-corrected chi connectivity index (χ0v) is 16.3. The van der Waals surface area contributed by atoms with Crippen LogP contribution in [-0.2, 0) is 24.4 Å². The molecule has 7 nitrogen and oxygen atoms in total. The van der Waals surface area contributed by atoms with Crippen LogP contribution in [-0.4, -0.2) is 32.9 Å². The number of nitro groups is 1. The smallest absolute Gasteiger partial charge is 0.308 e. The molecule has 1 aromatic carbocycles. The van der Waals surface area contributed by atoms with Crippen molar-refractivity contribution in [3.63, 3.8) is 0 Å². The lowest BCUT2D eigenvalue weighted by atomic mass is 10.1. The van der Waals surface area contributed by atoms with Gasteiger partial charge in [0.1, 0.15) is 0 Å². The Morgan fingerprint density at radius 1 is 1.21 bits per heavy atom. The van der Waals surface area contributed by atoms with Crippen molar-refractivity contribution < 1.29 is 22.7 Å². The fourth-order valence-corrected chi connectivity index (χ4v) is 7.06. The Hall–Kier alpha value is -1.08. The molecule has 0 aliphatic rings. The van der Waals surface area contributed by atoms with Gasteiger partial charge in [-0.1, -0.05) is 17.7 Å². The van der Waals surface area contributed by atoms with Crippen LogP contribution in [0, 0.1) is 17.0 Å². The zero-order chi connectivity index (χ0) is 18.5. The summed E-state index contributed by atoms with van der Waals surface area (Å²) in [5, 5.41) is 11.5. The summed E-state index contributed by atoms with van der Waals surface area (Å²) in [5.41, 5.74) is -0.811. The third-order valence-corrected chi connectivity index (χ3v) is 8.95. The summed E-state index contributed by atoms with van der Waals surface area (Å²) in [7, 11) is -5.93. The van der Waals surface area contributed by atoms with Crippen LogP contribution in [0.1, 0.15) is 33.3 Å². The molecule has 136 valence electrons. The number of hydrogen-bond donors (Lipinski definition) is 0. The van der Waals surface area contributed by atoms with Crippen LogP contribution in [0.15, 0.2) is 29.2 Å². The summed E-state index contributed by atoms with van der Waals surface area (Å²) in [6.07, 6.45) is 0. The first-order valence-corrected chi connectivity index (χ1v) is 10.4. The van der Waals surface area contributed by atoms with E-state index >= 15 is 0 Å². The van der Waals surface area contributed by atoms with E-state index in [1.165, 1.54) is 13.8 Å². The molecule has 0 aliphatic heterocycles. The van der Waals surface area contributed by atoms with E-state index in [0.717, 1.165) is 5.56 Å². The van der Waals surface area contributed by atoms with E-state index in [1.54, 1.807) is 38.1 Å². The predicted molar refractivity (Wildman–Crippen MR) is 93.3 cm³/mol. The van der Waals surface area contributed by atoms with Crippen LogP contribution in [0.3, 0.4) is 0 Å². The van der Waals surface area contributed by atoms with Crippen molar-refractivity contribution in [2.75, 3.05) is 13.2 Å². The summed E-state index contributed by atoms with van der Waals surface area (Å²) < 4.78 is 36.8. The van der Waals surface area contributed by atoms with E-state index in [2.05, 4.69) is 0 Å². The molecule has 1 aromatic rings. The molecule has 1 rings (SSSR count). The molecule has 9 heteroatoms. The van der Waals surface area contributed by atoms with Gasteiger partial charge in [0.15, 0.2) is 0 Å². The first-order valence-electron chi connectivity index (χ1n) is 7.60.